The molecule has 0 unspecified atom stereocenters. The molecule has 0 aromatic heterocycles. The number of ether oxygens (including phenoxy) is 1. The Hall–Kier alpha value is -0.575. The second-order valence-electron chi connectivity index (χ2n) is 4.93. The Kier molecular flexibility index (Phi) is 6.93. The van der Waals surface area contributed by atoms with E-state index in [4.69, 9.17) is 4.74 Å². The maximum atomic E-state index is 11.2. The lowest BCUT2D eigenvalue weighted by Gasteiger charge is -2.31. The molecule has 1 heterocycles. The Balaban J connectivity index is 0.000000382. The number of halogens is 8. The summed E-state index contributed by atoms with van der Waals surface area (Å²) in [7, 11) is 1.80. The van der Waals surface area contributed by atoms with Crippen molar-refractivity contribution in [3.63, 3.8) is 0 Å². The minimum absolute atomic E-state index is 0.913. The van der Waals surface area contributed by atoms with Gasteiger partial charge in [-0.15, -0.1) is 0 Å². The number of hydrogen-bond donors (Lipinski definition) is 0. The standard InChI is InChI=1S/C8H18NO.C2BF8/c1-3-9(8-10-2)6-4-5-7-9;4-1(5,2(6,7)8)3(9,10)11/h3-8H2,1-2H3;/q+1;-1. The molecule has 0 aromatic rings. The monoisotopic (exact) mass is 331 g/mol. The molecule has 11 heteroatoms. The highest BCUT2D eigenvalue weighted by Crippen LogP contribution is 2.43. The fraction of sp³-hybridized carbons (Fsp3) is 1.00. The highest BCUT2D eigenvalue weighted by Gasteiger charge is 2.69. The first kappa shape index (κ1) is 20.4. The fourth-order valence-electron chi connectivity index (χ4n) is 2.00. The van der Waals surface area contributed by atoms with E-state index < -0.39 is 19.0 Å². The van der Waals surface area contributed by atoms with Gasteiger partial charge in [0.05, 0.1) is 19.6 Å². The first-order chi connectivity index (χ1) is 9.33. The van der Waals surface area contributed by atoms with Crippen molar-refractivity contribution >= 4 is 6.98 Å². The summed E-state index contributed by atoms with van der Waals surface area (Å²) in [6.07, 6.45) is -3.78. The third kappa shape index (κ3) is 5.28. The van der Waals surface area contributed by atoms with Gasteiger partial charge in [0.1, 0.15) is 0 Å². The van der Waals surface area contributed by atoms with E-state index in [2.05, 4.69) is 6.92 Å². The smallest absolute Gasteiger partial charge is 0.445 e. The molecule has 0 amide bonds. The van der Waals surface area contributed by atoms with E-state index >= 15 is 0 Å². The van der Waals surface area contributed by atoms with Gasteiger partial charge in [0.25, 0.3) is 0 Å². The van der Waals surface area contributed by atoms with Gasteiger partial charge in [-0.2, -0.15) is 13.2 Å². The minimum Gasteiger partial charge on any atom is -0.445 e. The van der Waals surface area contributed by atoms with Gasteiger partial charge in [0.15, 0.2) is 6.73 Å². The molecule has 0 saturated carbocycles. The van der Waals surface area contributed by atoms with Gasteiger partial charge in [-0.05, 0) is 6.92 Å². The zero-order valence-electron chi connectivity index (χ0n) is 11.7. The van der Waals surface area contributed by atoms with Crippen LogP contribution in [-0.2, 0) is 4.74 Å². The van der Waals surface area contributed by atoms with E-state index in [-0.39, 0.29) is 0 Å². The van der Waals surface area contributed by atoms with Gasteiger partial charge in [0.2, 0.25) is 0 Å². The number of methoxy groups -OCH3 is 1. The van der Waals surface area contributed by atoms with Crippen LogP contribution in [0.2, 0.25) is 0 Å². The van der Waals surface area contributed by atoms with Crippen molar-refractivity contribution < 1.29 is 44.1 Å². The Morgan fingerprint density at radius 2 is 1.43 bits per heavy atom. The Labute approximate surface area is 117 Å². The van der Waals surface area contributed by atoms with Crippen LogP contribution in [0, 0.1) is 0 Å². The molecule has 0 bridgehead atoms. The highest BCUT2D eigenvalue weighted by molar-refractivity contribution is 6.61. The molecule has 128 valence electrons. The summed E-state index contributed by atoms with van der Waals surface area (Å²) in [5, 5.41) is 0. The van der Waals surface area contributed by atoms with Crippen molar-refractivity contribution in [1.29, 1.82) is 0 Å². The van der Waals surface area contributed by atoms with Crippen molar-refractivity contribution in [3.8, 4) is 0 Å². The van der Waals surface area contributed by atoms with Crippen LogP contribution in [0.5, 0.6) is 0 Å². The topological polar surface area (TPSA) is 9.23 Å². The maximum absolute atomic E-state index is 11.2. The molecule has 0 aliphatic carbocycles. The van der Waals surface area contributed by atoms with Gasteiger partial charge < -0.3 is 22.2 Å². The fourth-order valence-corrected chi connectivity index (χ4v) is 2.00. The SMILES string of the molecule is CC[N+]1(COC)CCCC1.F[B-](F)(F)C(F)(F)C(F)(F)F. The molecule has 1 rings (SSSR count). The largest absolute Gasteiger partial charge is 0.558 e. The van der Waals surface area contributed by atoms with Crippen LogP contribution in [0.3, 0.4) is 0 Å². The Morgan fingerprint density at radius 1 is 1.00 bits per heavy atom. The maximum Gasteiger partial charge on any atom is 0.558 e. The number of alkyl halides is 5. The predicted molar refractivity (Wildman–Crippen MR) is 61.7 cm³/mol. The summed E-state index contributed by atoms with van der Waals surface area (Å²) >= 11 is 0. The molecule has 0 spiro atoms. The Bertz CT molecular complexity index is 295. The van der Waals surface area contributed by atoms with Gasteiger partial charge in [-0.1, -0.05) is 0 Å². The van der Waals surface area contributed by atoms with Crippen LogP contribution in [0.25, 0.3) is 0 Å². The average molecular weight is 331 g/mol. The van der Waals surface area contributed by atoms with Gasteiger partial charge in [0, 0.05) is 20.0 Å². The number of quaternary nitrogens is 1. The van der Waals surface area contributed by atoms with Gasteiger partial charge in [-0.25, -0.2) is 8.78 Å². The van der Waals surface area contributed by atoms with Crippen molar-refractivity contribution in [3.05, 3.63) is 0 Å². The third-order valence-electron chi connectivity index (χ3n) is 3.38. The summed E-state index contributed by atoms with van der Waals surface area (Å²) in [6, 6.07) is 0. The summed E-state index contributed by atoms with van der Waals surface area (Å²) in [6.45, 7) is -0.163. The van der Waals surface area contributed by atoms with Gasteiger partial charge in [-0.3, -0.25) is 0 Å². The number of nitrogens with zero attached hydrogens (tertiary/aromatic N) is 1. The van der Waals surface area contributed by atoms with Crippen molar-refractivity contribution in [2.75, 3.05) is 33.5 Å². The average Bonchev–Trinajstić information content (AvgIpc) is 2.77. The lowest BCUT2D eigenvalue weighted by Crippen LogP contribution is -2.53. The molecule has 0 radical (unpaired) electrons. The van der Waals surface area contributed by atoms with E-state index in [1.807, 2.05) is 0 Å². The quantitative estimate of drug-likeness (QED) is 0.433. The van der Waals surface area contributed by atoms with Crippen molar-refractivity contribution in [2.45, 2.75) is 31.8 Å². The molecule has 1 fully saturated rings. The van der Waals surface area contributed by atoms with Crippen LogP contribution < -0.4 is 0 Å². The lowest BCUT2D eigenvalue weighted by molar-refractivity contribution is -0.932. The van der Waals surface area contributed by atoms with E-state index in [1.165, 1.54) is 37.0 Å². The van der Waals surface area contributed by atoms with E-state index in [0.29, 0.717) is 0 Å². The molecule has 21 heavy (non-hydrogen) atoms. The number of hydrogen-bond acceptors (Lipinski definition) is 1. The first-order valence-corrected chi connectivity index (χ1v) is 6.31. The molecular weight excluding hydrogens is 313 g/mol. The zero-order chi connectivity index (χ0) is 16.9. The number of likely N-dealkylation sites (tertiary alicyclic amines) is 1. The molecule has 0 aromatic carbocycles. The summed E-state index contributed by atoms with van der Waals surface area (Å²) < 4.78 is 94.2. The number of rotatable bonds is 4. The molecular formula is C10H18BF8NO. The molecule has 1 saturated heterocycles. The third-order valence-corrected chi connectivity index (χ3v) is 3.38. The second-order valence-corrected chi connectivity index (χ2v) is 4.93. The summed E-state index contributed by atoms with van der Waals surface area (Å²) in [5.74, 6) is -6.56. The summed E-state index contributed by atoms with van der Waals surface area (Å²) in [5.41, 5.74) is 0. The van der Waals surface area contributed by atoms with Crippen LogP contribution >= 0.6 is 0 Å². The van der Waals surface area contributed by atoms with Crippen LogP contribution in [0.4, 0.5) is 34.9 Å². The molecule has 1 aliphatic heterocycles. The van der Waals surface area contributed by atoms with Crippen LogP contribution in [0.1, 0.15) is 19.8 Å². The van der Waals surface area contributed by atoms with Crippen molar-refractivity contribution in [2.24, 2.45) is 0 Å². The van der Waals surface area contributed by atoms with E-state index in [1.54, 1.807) is 7.11 Å². The first-order valence-electron chi connectivity index (χ1n) is 6.31. The highest BCUT2D eigenvalue weighted by atomic mass is 19.4. The van der Waals surface area contributed by atoms with Crippen LogP contribution in [0.15, 0.2) is 0 Å². The Morgan fingerprint density at radius 3 is 1.62 bits per heavy atom. The van der Waals surface area contributed by atoms with Crippen molar-refractivity contribution in [1.82, 2.24) is 0 Å². The second kappa shape index (κ2) is 7.12. The minimum atomic E-state index is -7.21. The molecule has 1 aliphatic rings. The van der Waals surface area contributed by atoms with E-state index in [0.717, 1.165) is 6.73 Å². The van der Waals surface area contributed by atoms with Crippen LogP contribution in [-0.4, -0.2) is 56.9 Å². The molecule has 2 nitrogen and oxygen atoms in total. The molecule has 0 N–H and O–H groups in total. The normalized spacial score (nSPS) is 19.1. The summed E-state index contributed by atoms with van der Waals surface area (Å²) in [4.78, 5) is 0. The van der Waals surface area contributed by atoms with Gasteiger partial charge >= 0.3 is 19.0 Å². The molecule has 0 atom stereocenters. The lowest BCUT2D eigenvalue weighted by atomic mass is 9.80. The van der Waals surface area contributed by atoms with E-state index in [9.17, 15) is 34.9 Å². The predicted octanol–water partition coefficient (Wildman–Crippen LogP) is 3.79. The zero-order valence-corrected chi connectivity index (χ0v) is 11.7.